The summed E-state index contributed by atoms with van der Waals surface area (Å²) in [5.74, 6) is -3.58. The number of aromatic hydroxyl groups is 1. The first-order valence-electron chi connectivity index (χ1n) is 7.56. The van der Waals surface area contributed by atoms with Gasteiger partial charge < -0.3 is 20.9 Å². The molecule has 1 amide bonds. The Morgan fingerprint density at radius 2 is 1.71 bits per heavy atom. The second kappa shape index (κ2) is 7.72. The molecular formula is C17H22N2O5. The van der Waals surface area contributed by atoms with E-state index in [4.69, 9.17) is 10.5 Å². The van der Waals surface area contributed by atoms with E-state index in [-0.39, 0.29) is 17.7 Å². The summed E-state index contributed by atoms with van der Waals surface area (Å²) < 4.78 is 0. The summed E-state index contributed by atoms with van der Waals surface area (Å²) in [4.78, 5) is 35.4. The molecule has 7 nitrogen and oxygen atoms in total. The Bertz CT molecular complexity index is 673. The first-order valence-corrected chi connectivity index (χ1v) is 7.56. The van der Waals surface area contributed by atoms with Crippen LogP contribution in [0.2, 0.25) is 0 Å². The molecule has 0 fully saturated rings. The summed E-state index contributed by atoms with van der Waals surface area (Å²) in [7, 11) is 0. The van der Waals surface area contributed by atoms with Crippen molar-refractivity contribution in [1.29, 1.82) is 5.41 Å². The number of hydrogen-bond acceptors (Lipinski definition) is 5. The molecule has 0 radical (unpaired) electrons. The molecule has 24 heavy (non-hydrogen) atoms. The van der Waals surface area contributed by atoms with E-state index < -0.39 is 35.3 Å². The molecule has 0 saturated carbocycles. The number of carboxylic acids is 1. The van der Waals surface area contributed by atoms with Crippen molar-refractivity contribution < 1.29 is 24.6 Å². The van der Waals surface area contributed by atoms with E-state index in [9.17, 15) is 19.5 Å². The average Bonchev–Trinajstić information content (AvgIpc) is 2.51. The highest BCUT2D eigenvalue weighted by molar-refractivity contribution is 6.44. The zero-order valence-electron chi connectivity index (χ0n) is 14.1. The fourth-order valence-electron chi connectivity index (χ4n) is 2.34. The zero-order chi connectivity index (χ0) is 18.6. The van der Waals surface area contributed by atoms with Crippen molar-refractivity contribution in [2.75, 3.05) is 0 Å². The summed E-state index contributed by atoms with van der Waals surface area (Å²) in [5.41, 5.74) is 0.808. The minimum absolute atomic E-state index is 0.102. The van der Waals surface area contributed by atoms with Gasteiger partial charge in [0.2, 0.25) is 0 Å². The summed E-state index contributed by atoms with van der Waals surface area (Å²) in [5, 5.41) is 29.0. The number of phenolic OH excluding ortho intramolecular Hbond substituents is 1. The van der Waals surface area contributed by atoms with E-state index in [2.05, 4.69) is 5.32 Å². The monoisotopic (exact) mass is 334 g/mol. The number of Topliss-reactive ketones (excluding diaryl/α,β-unsaturated/α-hetero) is 1. The van der Waals surface area contributed by atoms with E-state index in [0.717, 1.165) is 0 Å². The van der Waals surface area contributed by atoms with Crippen molar-refractivity contribution in [3.05, 3.63) is 28.8 Å². The van der Waals surface area contributed by atoms with E-state index in [1.807, 2.05) is 0 Å². The van der Waals surface area contributed by atoms with Gasteiger partial charge in [0, 0.05) is 5.56 Å². The SMILES string of the molecule is CCC(C(=N)C(=O)C(C)NC(=O)c1cc(C)c(O)c(C)c1)C(=O)O. The van der Waals surface area contributed by atoms with Gasteiger partial charge in [0.25, 0.3) is 5.91 Å². The Kier molecular flexibility index (Phi) is 6.22. The fraction of sp³-hybridized carbons (Fsp3) is 0.412. The molecule has 1 aromatic rings. The molecular weight excluding hydrogens is 312 g/mol. The number of benzene rings is 1. The lowest BCUT2D eigenvalue weighted by molar-refractivity contribution is -0.140. The third-order valence-corrected chi connectivity index (χ3v) is 3.81. The van der Waals surface area contributed by atoms with E-state index in [1.165, 1.54) is 19.1 Å². The molecule has 0 aliphatic rings. The number of amides is 1. The predicted molar refractivity (Wildman–Crippen MR) is 88.7 cm³/mol. The molecule has 0 bridgehead atoms. The van der Waals surface area contributed by atoms with Crippen LogP contribution in [0.1, 0.15) is 41.8 Å². The summed E-state index contributed by atoms with van der Waals surface area (Å²) >= 11 is 0. The molecule has 2 atom stereocenters. The Balaban J connectivity index is 2.89. The van der Waals surface area contributed by atoms with Gasteiger partial charge in [-0.15, -0.1) is 0 Å². The van der Waals surface area contributed by atoms with Crippen LogP contribution < -0.4 is 5.32 Å². The molecule has 130 valence electrons. The quantitative estimate of drug-likeness (QED) is 0.566. The normalized spacial score (nSPS) is 13.0. The molecule has 7 heteroatoms. The molecule has 0 aromatic heterocycles. The van der Waals surface area contributed by atoms with Crippen LogP contribution in [0, 0.1) is 25.2 Å². The van der Waals surface area contributed by atoms with Crippen molar-refractivity contribution in [2.45, 2.75) is 40.2 Å². The maximum absolute atomic E-state index is 12.2. The molecule has 0 spiro atoms. The number of rotatable bonds is 7. The second-order valence-electron chi connectivity index (χ2n) is 5.73. The van der Waals surface area contributed by atoms with Crippen molar-refractivity contribution in [3.63, 3.8) is 0 Å². The predicted octanol–water partition coefficient (Wildman–Crippen LogP) is 1.83. The Morgan fingerprint density at radius 3 is 2.12 bits per heavy atom. The van der Waals surface area contributed by atoms with Gasteiger partial charge in [0.05, 0.1) is 11.8 Å². The number of carbonyl (C=O) groups is 3. The van der Waals surface area contributed by atoms with Crippen LogP contribution in [0.3, 0.4) is 0 Å². The summed E-state index contributed by atoms with van der Waals surface area (Å²) in [6.07, 6.45) is 0.122. The third kappa shape index (κ3) is 4.18. The first kappa shape index (κ1) is 19.3. The van der Waals surface area contributed by atoms with E-state index in [0.29, 0.717) is 11.1 Å². The minimum atomic E-state index is -1.24. The van der Waals surface area contributed by atoms with Gasteiger partial charge in [-0.2, -0.15) is 0 Å². The van der Waals surface area contributed by atoms with Gasteiger partial charge >= 0.3 is 5.97 Å². The zero-order valence-corrected chi connectivity index (χ0v) is 14.1. The molecule has 1 rings (SSSR count). The third-order valence-electron chi connectivity index (χ3n) is 3.81. The topological polar surface area (TPSA) is 128 Å². The summed E-state index contributed by atoms with van der Waals surface area (Å²) in [6.45, 7) is 6.29. The molecule has 0 saturated heterocycles. The van der Waals surface area contributed by atoms with Crippen LogP contribution in [0.5, 0.6) is 5.75 Å². The van der Waals surface area contributed by atoms with Crippen molar-refractivity contribution in [1.82, 2.24) is 5.32 Å². The van der Waals surface area contributed by atoms with Crippen LogP contribution in [0.25, 0.3) is 0 Å². The number of hydrogen-bond donors (Lipinski definition) is 4. The van der Waals surface area contributed by atoms with E-state index >= 15 is 0 Å². The highest BCUT2D eigenvalue weighted by Gasteiger charge is 2.30. The molecule has 4 N–H and O–H groups in total. The largest absolute Gasteiger partial charge is 0.507 e. The number of aliphatic carboxylic acids is 1. The Labute approximate surface area is 140 Å². The lowest BCUT2D eigenvalue weighted by Gasteiger charge is -2.17. The van der Waals surface area contributed by atoms with Crippen LogP contribution in [-0.2, 0) is 9.59 Å². The lowest BCUT2D eigenvalue weighted by atomic mass is 9.94. The maximum atomic E-state index is 12.2. The number of phenols is 1. The van der Waals surface area contributed by atoms with Gasteiger partial charge in [-0.1, -0.05) is 6.92 Å². The van der Waals surface area contributed by atoms with Crippen LogP contribution in [-0.4, -0.2) is 39.6 Å². The smallest absolute Gasteiger partial charge is 0.312 e. The number of carboxylic acid groups (broad SMARTS) is 1. The van der Waals surface area contributed by atoms with Gasteiger partial charge in [0.1, 0.15) is 11.7 Å². The first-order chi connectivity index (χ1) is 11.1. The lowest BCUT2D eigenvalue weighted by Crippen LogP contribution is -2.44. The number of ketones is 1. The number of nitrogens with one attached hydrogen (secondary N) is 2. The van der Waals surface area contributed by atoms with Crippen molar-refractivity contribution >= 4 is 23.4 Å². The maximum Gasteiger partial charge on any atom is 0.312 e. The van der Waals surface area contributed by atoms with Gasteiger partial charge in [-0.05, 0) is 50.5 Å². The molecule has 2 unspecified atom stereocenters. The van der Waals surface area contributed by atoms with Crippen molar-refractivity contribution in [2.24, 2.45) is 5.92 Å². The Hall–Kier alpha value is -2.70. The molecule has 0 aliphatic carbocycles. The van der Waals surface area contributed by atoms with Crippen LogP contribution in [0.15, 0.2) is 12.1 Å². The van der Waals surface area contributed by atoms with Gasteiger partial charge in [-0.25, -0.2) is 0 Å². The molecule has 1 aromatic carbocycles. The number of carbonyl (C=O) groups excluding carboxylic acids is 2. The van der Waals surface area contributed by atoms with E-state index in [1.54, 1.807) is 20.8 Å². The van der Waals surface area contributed by atoms with Gasteiger partial charge in [-0.3, -0.25) is 14.4 Å². The highest BCUT2D eigenvalue weighted by atomic mass is 16.4. The average molecular weight is 334 g/mol. The highest BCUT2D eigenvalue weighted by Crippen LogP contribution is 2.22. The Morgan fingerprint density at radius 1 is 1.21 bits per heavy atom. The number of aryl methyl sites for hydroxylation is 2. The molecule has 0 aliphatic heterocycles. The minimum Gasteiger partial charge on any atom is -0.507 e. The standard InChI is InChI=1S/C17H22N2O5/c1-5-12(17(23)24)13(18)15(21)10(4)19-16(22)11-6-8(2)14(20)9(3)7-11/h6-7,10,12,18,20H,5H2,1-4H3,(H,19,22)(H,23,24). The van der Waals surface area contributed by atoms with Gasteiger partial charge in [0.15, 0.2) is 5.78 Å². The fourth-order valence-corrected chi connectivity index (χ4v) is 2.34. The molecule has 0 heterocycles. The van der Waals surface area contributed by atoms with Crippen molar-refractivity contribution in [3.8, 4) is 5.75 Å². The van der Waals surface area contributed by atoms with Crippen LogP contribution in [0.4, 0.5) is 0 Å². The second-order valence-corrected chi connectivity index (χ2v) is 5.73. The summed E-state index contributed by atoms with van der Waals surface area (Å²) in [6, 6.07) is 1.96. The van der Waals surface area contributed by atoms with Crippen LogP contribution >= 0.6 is 0 Å².